The summed E-state index contributed by atoms with van der Waals surface area (Å²) in [5.74, 6) is -2.67. The van der Waals surface area contributed by atoms with Gasteiger partial charge in [0.25, 0.3) is 0 Å². The predicted octanol–water partition coefficient (Wildman–Crippen LogP) is 3.52. The van der Waals surface area contributed by atoms with E-state index in [1.54, 1.807) is 4.90 Å². The van der Waals surface area contributed by atoms with Gasteiger partial charge >= 0.3 is 0 Å². The molecule has 0 aliphatic carbocycles. The molecule has 0 bridgehead atoms. The summed E-state index contributed by atoms with van der Waals surface area (Å²) < 4.78 is 26.4. The van der Waals surface area contributed by atoms with E-state index in [-0.39, 0.29) is 24.6 Å². The molecule has 130 valence electrons. The molecule has 3 rings (SSSR count). The van der Waals surface area contributed by atoms with E-state index in [1.165, 1.54) is 0 Å². The number of benzene rings is 2. The van der Waals surface area contributed by atoms with Crippen LogP contribution in [0, 0.1) is 17.6 Å². The quantitative estimate of drug-likeness (QED) is 0.923. The zero-order valence-electron chi connectivity index (χ0n) is 13.8. The standard InChI is InChI=1S/C19H18F2N2O2/c1-2-12-3-5-17(6-4-12)23-11-13(7-18(23)24)19(25)22-16-9-14(20)8-15(21)10-16/h3-6,8-10,13H,2,7,11H2,1H3,(H,22,25). The number of halogens is 2. The molecule has 1 aliphatic heterocycles. The number of nitrogens with one attached hydrogen (secondary N) is 1. The van der Waals surface area contributed by atoms with Crippen LogP contribution in [0.1, 0.15) is 18.9 Å². The van der Waals surface area contributed by atoms with Gasteiger partial charge in [-0.05, 0) is 36.2 Å². The van der Waals surface area contributed by atoms with Gasteiger partial charge in [-0.25, -0.2) is 8.78 Å². The van der Waals surface area contributed by atoms with Crippen LogP contribution in [-0.2, 0) is 16.0 Å². The fraction of sp³-hybridized carbons (Fsp3) is 0.263. The van der Waals surface area contributed by atoms with E-state index >= 15 is 0 Å². The minimum atomic E-state index is -0.768. The highest BCUT2D eigenvalue weighted by Crippen LogP contribution is 2.26. The highest BCUT2D eigenvalue weighted by atomic mass is 19.1. The fourth-order valence-electron chi connectivity index (χ4n) is 2.91. The Morgan fingerprint density at radius 3 is 2.40 bits per heavy atom. The van der Waals surface area contributed by atoms with Gasteiger partial charge in [-0.15, -0.1) is 0 Å². The number of nitrogens with zero attached hydrogens (tertiary/aromatic N) is 1. The van der Waals surface area contributed by atoms with E-state index < -0.39 is 23.5 Å². The Morgan fingerprint density at radius 1 is 1.16 bits per heavy atom. The molecule has 1 fully saturated rings. The molecule has 2 aromatic carbocycles. The highest BCUT2D eigenvalue weighted by molar-refractivity contribution is 6.03. The van der Waals surface area contributed by atoms with E-state index in [1.807, 2.05) is 31.2 Å². The lowest BCUT2D eigenvalue weighted by Crippen LogP contribution is -2.28. The van der Waals surface area contributed by atoms with Crippen LogP contribution >= 0.6 is 0 Å². The first kappa shape index (κ1) is 17.1. The third-order valence-corrected chi connectivity index (χ3v) is 4.28. The summed E-state index contributed by atoms with van der Waals surface area (Å²) in [7, 11) is 0. The monoisotopic (exact) mass is 344 g/mol. The van der Waals surface area contributed by atoms with Crippen molar-refractivity contribution in [1.29, 1.82) is 0 Å². The minimum Gasteiger partial charge on any atom is -0.326 e. The van der Waals surface area contributed by atoms with Gasteiger partial charge in [-0.3, -0.25) is 9.59 Å². The second-order valence-corrected chi connectivity index (χ2v) is 6.07. The smallest absolute Gasteiger partial charge is 0.229 e. The second-order valence-electron chi connectivity index (χ2n) is 6.07. The summed E-state index contributed by atoms with van der Waals surface area (Å²) >= 11 is 0. The average Bonchev–Trinajstić information content (AvgIpc) is 2.96. The third-order valence-electron chi connectivity index (χ3n) is 4.28. The zero-order chi connectivity index (χ0) is 18.0. The molecule has 0 aromatic heterocycles. The molecule has 0 saturated carbocycles. The summed E-state index contributed by atoms with van der Waals surface area (Å²) in [5.41, 5.74) is 1.95. The first-order valence-electron chi connectivity index (χ1n) is 8.12. The van der Waals surface area contributed by atoms with Gasteiger partial charge in [0.2, 0.25) is 11.8 Å². The van der Waals surface area contributed by atoms with Crippen molar-refractivity contribution in [1.82, 2.24) is 0 Å². The molecule has 1 N–H and O–H groups in total. The number of rotatable bonds is 4. The maximum atomic E-state index is 13.2. The van der Waals surface area contributed by atoms with Crippen LogP contribution in [0.3, 0.4) is 0 Å². The van der Waals surface area contributed by atoms with Crippen LogP contribution in [-0.4, -0.2) is 18.4 Å². The summed E-state index contributed by atoms with van der Waals surface area (Å²) in [6.45, 7) is 2.29. The molecular formula is C19H18F2N2O2. The Bertz CT molecular complexity index is 785. The van der Waals surface area contributed by atoms with Gasteiger partial charge < -0.3 is 10.2 Å². The van der Waals surface area contributed by atoms with Crippen LogP contribution in [0.2, 0.25) is 0 Å². The van der Waals surface area contributed by atoms with Crippen LogP contribution < -0.4 is 10.2 Å². The number of carbonyl (C=O) groups is 2. The molecular weight excluding hydrogens is 326 g/mol. The van der Waals surface area contributed by atoms with Crippen molar-refractivity contribution < 1.29 is 18.4 Å². The Hall–Kier alpha value is -2.76. The van der Waals surface area contributed by atoms with Gasteiger partial charge in [0, 0.05) is 30.4 Å². The minimum absolute atomic E-state index is 0.0423. The molecule has 2 amide bonds. The lowest BCUT2D eigenvalue weighted by atomic mass is 10.1. The molecule has 1 atom stereocenters. The molecule has 1 heterocycles. The molecule has 1 unspecified atom stereocenters. The van der Waals surface area contributed by atoms with E-state index in [0.717, 1.165) is 35.9 Å². The SMILES string of the molecule is CCc1ccc(N2CC(C(=O)Nc3cc(F)cc(F)c3)CC2=O)cc1. The van der Waals surface area contributed by atoms with Crippen molar-refractivity contribution in [3.05, 3.63) is 59.7 Å². The van der Waals surface area contributed by atoms with Crippen LogP contribution in [0.5, 0.6) is 0 Å². The number of anilines is 2. The molecule has 0 spiro atoms. The average molecular weight is 344 g/mol. The number of hydrogen-bond donors (Lipinski definition) is 1. The first-order chi connectivity index (χ1) is 12.0. The van der Waals surface area contributed by atoms with Gasteiger partial charge in [0.1, 0.15) is 11.6 Å². The third kappa shape index (κ3) is 3.84. The fourth-order valence-corrected chi connectivity index (χ4v) is 2.91. The number of hydrogen-bond acceptors (Lipinski definition) is 2. The summed E-state index contributed by atoms with van der Waals surface area (Å²) in [4.78, 5) is 26.1. The van der Waals surface area contributed by atoms with E-state index in [9.17, 15) is 18.4 Å². The maximum Gasteiger partial charge on any atom is 0.229 e. The molecule has 6 heteroatoms. The van der Waals surface area contributed by atoms with E-state index in [2.05, 4.69) is 5.32 Å². The Labute approximate surface area is 144 Å². The van der Waals surface area contributed by atoms with Crippen molar-refractivity contribution >= 4 is 23.2 Å². The van der Waals surface area contributed by atoms with Crippen LogP contribution in [0.25, 0.3) is 0 Å². The topological polar surface area (TPSA) is 49.4 Å². The molecule has 1 aliphatic rings. The first-order valence-corrected chi connectivity index (χ1v) is 8.12. The van der Waals surface area contributed by atoms with E-state index in [4.69, 9.17) is 0 Å². The number of aryl methyl sites for hydroxylation is 1. The summed E-state index contributed by atoms with van der Waals surface area (Å²) in [6.07, 6.45) is 0.975. The van der Waals surface area contributed by atoms with Crippen molar-refractivity contribution in [2.75, 3.05) is 16.8 Å². The highest BCUT2D eigenvalue weighted by Gasteiger charge is 2.35. The van der Waals surface area contributed by atoms with Crippen LogP contribution in [0.15, 0.2) is 42.5 Å². The summed E-state index contributed by atoms with van der Waals surface area (Å²) in [6, 6.07) is 10.4. The van der Waals surface area contributed by atoms with Gasteiger partial charge in [-0.2, -0.15) is 0 Å². The van der Waals surface area contributed by atoms with Crippen molar-refractivity contribution in [3.8, 4) is 0 Å². The Balaban J connectivity index is 1.69. The maximum absolute atomic E-state index is 13.2. The molecule has 1 saturated heterocycles. The molecule has 0 radical (unpaired) electrons. The summed E-state index contributed by atoms with van der Waals surface area (Å²) in [5, 5.41) is 2.48. The normalized spacial score (nSPS) is 17.0. The van der Waals surface area contributed by atoms with E-state index in [0.29, 0.717) is 0 Å². The number of carbonyl (C=O) groups excluding carboxylic acids is 2. The zero-order valence-corrected chi connectivity index (χ0v) is 13.8. The largest absolute Gasteiger partial charge is 0.326 e. The van der Waals surface area contributed by atoms with Crippen molar-refractivity contribution in [3.63, 3.8) is 0 Å². The molecule has 25 heavy (non-hydrogen) atoms. The van der Waals surface area contributed by atoms with Crippen molar-refractivity contribution in [2.45, 2.75) is 19.8 Å². The molecule has 2 aromatic rings. The van der Waals surface area contributed by atoms with Gasteiger partial charge in [0.15, 0.2) is 0 Å². The lowest BCUT2D eigenvalue weighted by molar-refractivity contribution is -0.122. The lowest BCUT2D eigenvalue weighted by Gasteiger charge is -2.17. The van der Waals surface area contributed by atoms with Crippen molar-refractivity contribution in [2.24, 2.45) is 5.92 Å². The second kappa shape index (κ2) is 7.01. The van der Waals surface area contributed by atoms with Crippen LogP contribution in [0.4, 0.5) is 20.2 Å². The molecule has 4 nitrogen and oxygen atoms in total. The Kier molecular flexibility index (Phi) is 4.79. The predicted molar refractivity (Wildman–Crippen MR) is 91.3 cm³/mol. The number of amides is 2. The Morgan fingerprint density at radius 2 is 1.80 bits per heavy atom. The van der Waals surface area contributed by atoms with Gasteiger partial charge in [-0.1, -0.05) is 19.1 Å². The van der Waals surface area contributed by atoms with Gasteiger partial charge in [0.05, 0.1) is 5.92 Å².